The van der Waals surface area contributed by atoms with Crippen LogP contribution < -0.4 is 0 Å². The molecule has 3 N–H and O–H groups in total. The Morgan fingerprint density at radius 2 is 1.81 bits per heavy atom. The summed E-state index contributed by atoms with van der Waals surface area (Å²) >= 11 is 0. The highest BCUT2D eigenvalue weighted by Crippen LogP contribution is 2.38. The Kier molecular flexibility index (Phi) is 4.39. The van der Waals surface area contributed by atoms with Crippen LogP contribution >= 0.6 is 7.82 Å². The van der Waals surface area contributed by atoms with Gasteiger partial charge in [0.25, 0.3) is 0 Å². The predicted octanol–water partition coefficient (Wildman–Crippen LogP) is 2.95. The first-order valence-corrected chi connectivity index (χ1v) is 7.27. The van der Waals surface area contributed by atoms with Crippen molar-refractivity contribution in [2.75, 3.05) is 0 Å². The standard InChI is InChI=1S/C13H11F2O5P/c14-10-2-3-11(12(15)6-10)8-1-4-13(16)9(5-8)7-20-21(17,18)19/h1-6,16H,7H2,(H2,17,18,19). The van der Waals surface area contributed by atoms with E-state index in [1.165, 1.54) is 24.3 Å². The maximum Gasteiger partial charge on any atom is 0.469 e. The topological polar surface area (TPSA) is 87.0 Å². The normalized spacial score (nSPS) is 11.6. The van der Waals surface area contributed by atoms with Crippen molar-refractivity contribution in [3.8, 4) is 16.9 Å². The third-order valence-electron chi connectivity index (χ3n) is 2.71. The molecule has 0 aliphatic heterocycles. The molecule has 5 nitrogen and oxygen atoms in total. The number of benzene rings is 2. The molecule has 112 valence electrons. The Morgan fingerprint density at radius 1 is 1.10 bits per heavy atom. The van der Waals surface area contributed by atoms with E-state index in [1.807, 2.05) is 0 Å². The second-order valence-electron chi connectivity index (χ2n) is 4.23. The number of rotatable bonds is 4. The first kappa shape index (κ1) is 15.6. The number of hydrogen-bond donors (Lipinski definition) is 3. The highest BCUT2D eigenvalue weighted by molar-refractivity contribution is 7.46. The predicted molar refractivity (Wildman–Crippen MR) is 70.3 cm³/mol. The van der Waals surface area contributed by atoms with Crippen molar-refractivity contribution in [3.63, 3.8) is 0 Å². The number of hydrogen-bond acceptors (Lipinski definition) is 3. The van der Waals surface area contributed by atoms with Crippen LogP contribution in [0.15, 0.2) is 36.4 Å². The Morgan fingerprint density at radius 3 is 2.43 bits per heavy atom. The van der Waals surface area contributed by atoms with Crippen LogP contribution in [-0.2, 0) is 15.7 Å². The molecule has 2 rings (SSSR count). The van der Waals surface area contributed by atoms with E-state index in [0.717, 1.165) is 6.07 Å². The fourth-order valence-corrected chi connectivity index (χ4v) is 2.05. The van der Waals surface area contributed by atoms with Gasteiger partial charge in [-0.1, -0.05) is 6.07 Å². The van der Waals surface area contributed by atoms with Gasteiger partial charge in [0.15, 0.2) is 0 Å². The van der Waals surface area contributed by atoms with Crippen LogP contribution in [0.1, 0.15) is 5.56 Å². The second kappa shape index (κ2) is 5.91. The maximum atomic E-state index is 13.7. The SMILES string of the molecule is O=P(O)(O)OCc1cc(-c2ccc(F)cc2F)ccc1O. The monoisotopic (exact) mass is 316 g/mol. The summed E-state index contributed by atoms with van der Waals surface area (Å²) in [6.45, 7) is -0.549. The molecule has 0 bridgehead atoms. The van der Waals surface area contributed by atoms with E-state index in [4.69, 9.17) is 9.79 Å². The molecule has 2 aromatic rings. The Balaban J connectivity index is 2.36. The maximum absolute atomic E-state index is 13.7. The van der Waals surface area contributed by atoms with Gasteiger partial charge in [0.2, 0.25) is 0 Å². The van der Waals surface area contributed by atoms with E-state index in [1.54, 1.807) is 0 Å². The molecule has 0 heterocycles. The largest absolute Gasteiger partial charge is 0.508 e. The number of phosphoric ester groups is 1. The molecule has 0 aliphatic rings. The van der Waals surface area contributed by atoms with Crippen LogP contribution in [0.2, 0.25) is 0 Å². The van der Waals surface area contributed by atoms with Crippen molar-refractivity contribution in [3.05, 3.63) is 53.6 Å². The molecular weight excluding hydrogens is 305 g/mol. The Bertz CT molecular complexity index is 714. The lowest BCUT2D eigenvalue weighted by atomic mass is 10.0. The number of phenols is 1. The van der Waals surface area contributed by atoms with E-state index < -0.39 is 26.1 Å². The van der Waals surface area contributed by atoms with Crippen molar-refractivity contribution in [2.45, 2.75) is 6.61 Å². The van der Waals surface area contributed by atoms with E-state index in [9.17, 15) is 18.5 Å². The first-order chi connectivity index (χ1) is 9.76. The van der Waals surface area contributed by atoms with Crippen molar-refractivity contribution >= 4 is 7.82 Å². The van der Waals surface area contributed by atoms with Crippen molar-refractivity contribution < 1.29 is 32.8 Å². The van der Waals surface area contributed by atoms with Crippen LogP contribution in [0.3, 0.4) is 0 Å². The average molecular weight is 316 g/mol. The molecule has 2 aromatic carbocycles. The summed E-state index contributed by atoms with van der Waals surface area (Å²) in [6.07, 6.45) is 0. The van der Waals surface area contributed by atoms with Gasteiger partial charge < -0.3 is 14.9 Å². The Hall–Kier alpha value is -1.79. The molecule has 0 fully saturated rings. The highest BCUT2D eigenvalue weighted by atomic mass is 31.2. The quantitative estimate of drug-likeness (QED) is 0.755. The third kappa shape index (κ3) is 4.09. The molecule has 0 spiro atoms. The van der Waals surface area contributed by atoms with Crippen LogP contribution in [0.25, 0.3) is 11.1 Å². The molecule has 21 heavy (non-hydrogen) atoms. The summed E-state index contributed by atoms with van der Waals surface area (Å²) in [5, 5.41) is 9.61. The van der Waals surface area contributed by atoms with Gasteiger partial charge in [0.05, 0.1) is 6.61 Å². The van der Waals surface area contributed by atoms with Gasteiger partial charge in [-0.25, -0.2) is 13.3 Å². The van der Waals surface area contributed by atoms with Gasteiger partial charge in [-0.15, -0.1) is 0 Å². The fraction of sp³-hybridized carbons (Fsp3) is 0.0769. The molecule has 8 heteroatoms. The molecule has 0 amide bonds. The molecule has 0 aliphatic carbocycles. The minimum absolute atomic E-state index is 0.0690. The van der Waals surface area contributed by atoms with Crippen molar-refractivity contribution in [1.29, 1.82) is 0 Å². The number of aromatic hydroxyl groups is 1. The zero-order valence-electron chi connectivity index (χ0n) is 10.5. The number of phenolic OH excluding ortho intramolecular Hbond substituents is 1. The third-order valence-corrected chi connectivity index (χ3v) is 3.18. The summed E-state index contributed by atoms with van der Waals surface area (Å²) in [4.78, 5) is 17.3. The van der Waals surface area contributed by atoms with E-state index in [2.05, 4.69) is 4.52 Å². The summed E-state index contributed by atoms with van der Waals surface area (Å²) in [7, 11) is -4.69. The van der Waals surface area contributed by atoms with Crippen molar-refractivity contribution in [1.82, 2.24) is 0 Å². The lowest BCUT2D eigenvalue weighted by Crippen LogP contribution is -1.93. The molecule has 0 saturated heterocycles. The summed E-state index contributed by atoms with van der Waals surface area (Å²) in [6, 6.07) is 6.96. The van der Waals surface area contributed by atoms with Crippen molar-refractivity contribution in [2.24, 2.45) is 0 Å². The van der Waals surface area contributed by atoms with E-state index >= 15 is 0 Å². The molecule has 0 radical (unpaired) electrons. The summed E-state index contributed by atoms with van der Waals surface area (Å²) < 4.78 is 41.5. The average Bonchev–Trinajstić information content (AvgIpc) is 2.37. The summed E-state index contributed by atoms with van der Waals surface area (Å²) in [5.74, 6) is -1.77. The lowest BCUT2D eigenvalue weighted by Gasteiger charge is -2.10. The molecule has 0 atom stereocenters. The molecular formula is C13H11F2O5P. The second-order valence-corrected chi connectivity index (χ2v) is 5.47. The van der Waals surface area contributed by atoms with Crippen LogP contribution in [0.5, 0.6) is 5.75 Å². The van der Waals surface area contributed by atoms with Gasteiger partial charge in [-0.2, -0.15) is 0 Å². The number of halogens is 2. The fourth-order valence-electron chi connectivity index (χ4n) is 1.75. The minimum atomic E-state index is -4.69. The first-order valence-electron chi connectivity index (χ1n) is 5.74. The van der Waals surface area contributed by atoms with E-state index in [0.29, 0.717) is 11.6 Å². The molecule has 0 aromatic heterocycles. The van der Waals surface area contributed by atoms with Gasteiger partial charge >= 0.3 is 7.82 Å². The van der Waals surface area contributed by atoms with Crippen LogP contribution in [0, 0.1) is 11.6 Å². The van der Waals surface area contributed by atoms with Crippen LogP contribution in [0.4, 0.5) is 8.78 Å². The van der Waals surface area contributed by atoms with Gasteiger partial charge in [-0.3, -0.25) is 4.52 Å². The zero-order valence-corrected chi connectivity index (χ0v) is 11.4. The minimum Gasteiger partial charge on any atom is -0.508 e. The smallest absolute Gasteiger partial charge is 0.469 e. The Labute approximate surface area is 118 Å². The van der Waals surface area contributed by atoms with E-state index in [-0.39, 0.29) is 16.9 Å². The van der Waals surface area contributed by atoms with Gasteiger partial charge in [0.1, 0.15) is 17.4 Å². The molecule has 0 unspecified atom stereocenters. The number of phosphoric acid groups is 1. The van der Waals surface area contributed by atoms with Gasteiger partial charge in [0, 0.05) is 17.2 Å². The zero-order chi connectivity index (χ0) is 15.6. The highest BCUT2D eigenvalue weighted by Gasteiger charge is 2.16. The van der Waals surface area contributed by atoms with Gasteiger partial charge in [-0.05, 0) is 29.8 Å². The van der Waals surface area contributed by atoms with Crippen LogP contribution in [-0.4, -0.2) is 14.9 Å². The molecule has 0 saturated carbocycles. The lowest BCUT2D eigenvalue weighted by molar-refractivity contribution is 0.187. The summed E-state index contributed by atoms with van der Waals surface area (Å²) in [5.41, 5.74) is 0.475.